The van der Waals surface area contributed by atoms with Gasteiger partial charge >= 0.3 is 59.4 Å². The van der Waals surface area contributed by atoms with E-state index in [1.165, 1.54) is 24.3 Å². The smallest absolute Gasteiger partial charge is 0.488 e. The van der Waals surface area contributed by atoms with Crippen LogP contribution in [-0.4, -0.2) is 99.8 Å². The van der Waals surface area contributed by atoms with Gasteiger partial charge in [-0.25, -0.2) is 9.78 Å². The van der Waals surface area contributed by atoms with Crippen molar-refractivity contribution in [1.29, 1.82) is 0 Å². The molecule has 0 aliphatic heterocycles. The fraction of sp³-hybridized carbons (Fsp3) is 0.241. The molecule has 4 rings (SSSR count). The molecule has 0 amide bonds. The molecule has 0 aliphatic carbocycles. The molecule has 4 aromatic rings. The van der Waals surface area contributed by atoms with Crippen LogP contribution >= 0.6 is 0 Å². The van der Waals surface area contributed by atoms with Crippen molar-refractivity contribution in [3.05, 3.63) is 53.9 Å². The van der Waals surface area contributed by atoms with Crippen LogP contribution in [0.25, 0.3) is 22.6 Å². The number of aryl methyl sites for hydroxylation is 1. The molecular weight excluding hydrogens is 637 g/mol. The minimum atomic E-state index is -1.35. The maximum Gasteiger partial charge on any atom is 1.00 e. The molecule has 47 heavy (non-hydrogen) atoms. The molecule has 0 aliphatic rings. The summed E-state index contributed by atoms with van der Waals surface area (Å²) in [5.41, 5.74) is 1.16. The van der Waals surface area contributed by atoms with Gasteiger partial charge < -0.3 is 53.6 Å². The van der Waals surface area contributed by atoms with Crippen LogP contribution in [0.1, 0.15) is 16.1 Å². The Balaban J connectivity index is 0.00000600. The summed E-state index contributed by atoms with van der Waals surface area (Å²) < 4.78 is 22.7. The molecule has 0 atom stereocenters. The van der Waals surface area contributed by atoms with E-state index in [4.69, 9.17) is 23.4 Å². The number of carbonyl (C=O) groups is 5. The van der Waals surface area contributed by atoms with E-state index in [2.05, 4.69) is 4.98 Å². The number of aromatic carboxylic acids is 1. The average Bonchev–Trinajstić information content (AvgIpc) is 3.61. The number of oxazole rings is 1. The molecule has 17 nitrogen and oxygen atoms in total. The summed E-state index contributed by atoms with van der Waals surface area (Å²) >= 11 is 0. The van der Waals surface area contributed by atoms with E-state index >= 15 is 0 Å². The zero-order chi connectivity index (χ0) is 33.5. The second-order valence-electron chi connectivity index (χ2n) is 9.76. The second kappa shape index (κ2) is 15.8. The largest absolute Gasteiger partial charge is 1.00 e. The van der Waals surface area contributed by atoms with Crippen molar-refractivity contribution in [3.63, 3.8) is 0 Å². The summed E-state index contributed by atoms with van der Waals surface area (Å²) in [4.78, 5) is 63.1. The van der Waals surface area contributed by atoms with E-state index in [1.807, 2.05) is 0 Å². The third kappa shape index (κ3) is 9.62. The maximum atomic E-state index is 11.6. The van der Waals surface area contributed by atoms with Crippen LogP contribution in [0.4, 0.5) is 11.4 Å². The third-order valence-electron chi connectivity index (χ3n) is 6.22. The number of anilines is 2. The van der Waals surface area contributed by atoms with Gasteiger partial charge in [-0.15, -0.1) is 0 Å². The van der Waals surface area contributed by atoms with Crippen LogP contribution in [-0.2, 0) is 19.2 Å². The van der Waals surface area contributed by atoms with Crippen molar-refractivity contribution >= 4 is 52.2 Å². The van der Waals surface area contributed by atoms with Gasteiger partial charge in [-0.3, -0.25) is 19.2 Å². The van der Waals surface area contributed by atoms with E-state index < -0.39 is 61.8 Å². The van der Waals surface area contributed by atoms with Crippen LogP contribution in [0.3, 0.4) is 0 Å². The molecule has 18 heteroatoms. The van der Waals surface area contributed by atoms with Crippen LogP contribution < -0.4 is 48.8 Å². The van der Waals surface area contributed by atoms with Crippen LogP contribution in [0.15, 0.2) is 51.4 Å². The Kier molecular flexibility index (Phi) is 12.2. The molecule has 2 aromatic heterocycles. The van der Waals surface area contributed by atoms with Gasteiger partial charge in [-0.1, -0.05) is 6.07 Å². The van der Waals surface area contributed by atoms with Gasteiger partial charge in [0.15, 0.2) is 5.76 Å². The summed E-state index contributed by atoms with van der Waals surface area (Å²) in [5.74, 6) is -6.80. The number of aliphatic carboxylic acids is 4. The van der Waals surface area contributed by atoms with E-state index in [-0.39, 0.29) is 82.9 Å². The number of hydrogen-bond acceptors (Lipinski definition) is 12. The van der Waals surface area contributed by atoms with Crippen molar-refractivity contribution < 1.29 is 97.4 Å². The van der Waals surface area contributed by atoms with Crippen molar-refractivity contribution in [1.82, 2.24) is 4.98 Å². The van der Waals surface area contributed by atoms with Gasteiger partial charge in [-0.05, 0) is 36.8 Å². The molecule has 0 saturated carbocycles. The van der Waals surface area contributed by atoms with E-state index in [0.717, 1.165) is 21.6 Å². The molecule has 5 N–H and O–H groups in total. The SMILES string of the molecule is Cc1ccc(N(CC(=O)O)CC(=O)O)c(OCCOc2cc3cc(-c4ncc(C(=O)O)o4)oc3cc2N(CC(=O)O)CC(=O)O)c1.[Na+]. The summed E-state index contributed by atoms with van der Waals surface area (Å²) in [7, 11) is 0. The molecule has 242 valence electrons. The number of furan rings is 1. The van der Waals surface area contributed by atoms with Crippen LogP contribution in [0.2, 0.25) is 0 Å². The van der Waals surface area contributed by atoms with E-state index in [1.54, 1.807) is 19.1 Å². The van der Waals surface area contributed by atoms with Crippen LogP contribution in [0.5, 0.6) is 11.5 Å². The topological polar surface area (TPSA) is 251 Å². The molecule has 0 radical (unpaired) electrons. The first kappa shape index (κ1) is 36.2. The van der Waals surface area contributed by atoms with Gasteiger partial charge in [0.25, 0.3) is 5.89 Å². The fourth-order valence-corrected chi connectivity index (χ4v) is 4.42. The van der Waals surface area contributed by atoms with Crippen molar-refractivity contribution in [3.8, 4) is 23.1 Å². The summed E-state index contributed by atoms with van der Waals surface area (Å²) in [6.45, 7) is -1.20. The molecule has 0 unspecified atom stereocenters. The summed E-state index contributed by atoms with van der Waals surface area (Å²) in [5, 5.41) is 47.0. The predicted octanol–water partition coefficient (Wildman–Crippen LogP) is -0.493. The zero-order valence-electron chi connectivity index (χ0n) is 25.0. The summed E-state index contributed by atoms with van der Waals surface area (Å²) in [6, 6.07) is 9.07. The molecule has 0 fully saturated rings. The second-order valence-corrected chi connectivity index (χ2v) is 9.76. The standard InChI is InChI=1S/C29H27N3O14.Na/c1-15-2-3-17(31(11-24(33)34)12-25(35)36)20(6-15)43-4-5-44-21-7-16-8-22(28-30-10-23(46-28)29(41)42)45-19(16)9-18(21)32(13-26(37)38)14-27(39)40;/h2-3,6-10H,4-5,11-14H2,1H3,(H,33,34)(H,35,36)(H,37,38)(H,39,40)(H,41,42);/q;+1. The number of aromatic nitrogens is 1. The van der Waals surface area contributed by atoms with E-state index in [0.29, 0.717) is 5.39 Å². The Morgan fingerprint density at radius 1 is 0.723 bits per heavy atom. The van der Waals surface area contributed by atoms with Crippen molar-refractivity contribution in [2.24, 2.45) is 0 Å². The minimum Gasteiger partial charge on any atom is -0.488 e. The molecule has 2 aromatic carbocycles. The molecule has 0 spiro atoms. The first-order valence-electron chi connectivity index (χ1n) is 13.3. The quantitative estimate of drug-likeness (QED) is 0.0705. The first-order chi connectivity index (χ1) is 21.8. The number of carboxylic acid groups (broad SMARTS) is 5. The molecule has 0 bridgehead atoms. The van der Waals surface area contributed by atoms with Gasteiger partial charge in [0.2, 0.25) is 5.76 Å². The number of hydrogen-bond donors (Lipinski definition) is 5. The van der Waals surface area contributed by atoms with Gasteiger partial charge in [0.05, 0.1) is 17.6 Å². The predicted molar refractivity (Wildman–Crippen MR) is 156 cm³/mol. The monoisotopic (exact) mass is 664 g/mol. The van der Waals surface area contributed by atoms with Crippen molar-refractivity contribution in [2.45, 2.75) is 6.92 Å². The Morgan fingerprint density at radius 2 is 1.26 bits per heavy atom. The number of benzene rings is 2. The molecule has 0 saturated heterocycles. The Hall–Kier alpha value is -5.26. The minimum absolute atomic E-state index is 0. The molecule has 2 heterocycles. The fourth-order valence-electron chi connectivity index (χ4n) is 4.42. The van der Waals surface area contributed by atoms with Gasteiger partial charge in [-0.2, -0.15) is 0 Å². The first-order valence-corrected chi connectivity index (χ1v) is 13.3. The number of ether oxygens (including phenoxy) is 2. The Morgan fingerprint density at radius 3 is 1.77 bits per heavy atom. The van der Waals surface area contributed by atoms with Crippen molar-refractivity contribution in [2.75, 3.05) is 49.2 Å². The Bertz CT molecular complexity index is 1770. The third-order valence-corrected chi connectivity index (χ3v) is 6.22. The number of fused-ring (bicyclic) bond motifs is 1. The van der Waals surface area contributed by atoms with E-state index in [9.17, 15) is 44.4 Å². The number of nitrogens with zero attached hydrogens (tertiary/aromatic N) is 3. The Labute approximate surface area is 286 Å². The zero-order valence-corrected chi connectivity index (χ0v) is 27.0. The van der Waals surface area contributed by atoms with Crippen LogP contribution in [0, 0.1) is 6.92 Å². The number of rotatable bonds is 17. The normalized spacial score (nSPS) is 10.6. The number of carboxylic acids is 5. The molecular formula is C29H27N3NaO14+. The summed E-state index contributed by atoms with van der Waals surface area (Å²) in [6.07, 6.45) is 0.995. The maximum absolute atomic E-state index is 11.6. The van der Waals surface area contributed by atoms with Gasteiger partial charge in [0, 0.05) is 11.5 Å². The average molecular weight is 665 g/mol. The van der Waals surface area contributed by atoms with Gasteiger partial charge in [0.1, 0.15) is 56.5 Å².